The third-order valence-electron chi connectivity index (χ3n) is 4.23. The predicted molar refractivity (Wildman–Crippen MR) is 100 cm³/mol. The maximum atomic E-state index is 12.9. The van der Waals surface area contributed by atoms with Crippen molar-refractivity contribution in [3.05, 3.63) is 71.9 Å². The minimum Gasteiger partial charge on any atom is -0.263 e. The van der Waals surface area contributed by atoms with Crippen molar-refractivity contribution in [3.8, 4) is 0 Å². The number of alkyl halides is 3. The van der Waals surface area contributed by atoms with E-state index >= 15 is 0 Å². The Hall–Kier alpha value is -3.22. The predicted octanol–water partition coefficient (Wildman–Crippen LogP) is 4.90. The van der Waals surface area contributed by atoms with Gasteiger partial charge >= 0.3 is 6.18 Å². The van der Waals surface area contributed by atoms with Crippen LogP contribution in [0.1, 0.15) is 17.5 Å². The second-order valence-electron chi connectivity index (χ2n) is 6.16. The van der Waals surface area contributed by atoms with Gasteiger partial charge in [0, 0.05) is 36.3 Å². The van der Waals surface area contributed by atoms with E-state index in [-0.39, 0.29) is 0 Å². The maximum absolute atomic E-state index is 12.9. The highest BCUT2D eigenvalue weighted by Gasteiger charge is 2.31. The number of pyridine rings is 1. The lowest BCUT2D eigenvalue weighted by Crippen LogP contribution is -2.13. The molecule has 0 saturated carbocycles. The van der Waals surface area contributed by atoms with Crippen molar-refractivity contribution in [2.45, 2.75) is 12.6 Å². The summed E-state index contributed by atoms with van der Waals surface area (Å²) in [6.45, 7) is 0.490. The number of hydrogen-bond acceptors (Lipinski definition) is 4. The number of anilines is 1. The topological polar surface area (TPSA) is 40.9 Å². The quantitative estimate of drug-likeness (QED) is 0.604. The fourth-order valence-corrected chi connectivity index (χ4v) is 2.87. The molecule has 7 heteroatoms. The van der Waals surface area contributed by atoms with Crippen LogP contribution >= 0.6 is 0 Å². The number of amidine groups is 1. The lowest BCUT2D eigenvalue weighted by atomic mass is 10.2. The summed E-state index contributed by atoms with van der Waals surface area (Å²) in [4.78, 5) is 8.74. The van der Waals surface area contributed by atoms with Crippen molar-refractivity contribution < 1.29 is 13.2 Å². The number of nitrogens with zero attached hydrogens (tertiary/aromatic N) is 4. The second kappa shape index (κ2) is 6.83. The smallest absolute Gasteiger partial charge is 0.263 e. The van der Waals surface area contributed by atoms with Crippen LogP contribution in [0, 0.1) is 0 Å². The summed E-state index contributed by atoms with van der Waals surface area (Å²) in [6.07, 6.45) is -0.406. The van der Waals surface area contributed by atoms with E-state index in [0.717, 1.165) is 28.6 Å². The monoisotopic (exact) mass is 368 g/mol. The number of aromatic nitrogens is 1. The highest BCUT2D eigenvalue weighted by Crippen LogP contribution is 2.32. The first-order valence-electron chi connectivity index (χ1n) is 8.40. The maximum Gasteiger partial charge on any atom is 0.416 e. The zero-order chi connectivity index (χ0) is 18.9. The van der Waals surface area contributed by atoms with E-state index in [2.05, 4.69) is 15.1 Å². The van der Waals surface area contributed by atoms with Crippen LogP contribution < -0.4 is 5.01 Å². The van der Waals surface area contributed by atoms with Gasteiger partial charge in [-0.15, -0.1) is 0 Å². The average Bonchev–Trinajstić information content (AvgIpc) is 3.15. The average molecular weight is 368 g/mol. The van der Waals surface area contributed by atoms with E-state index < -0.39 is 11.7 Å². The minimum atomic E-state index is -4.37. The number of hydrazone groups is 1. The van der Waals surface area contributed by atoms with Gasteiger partial charge in [0.25, 0.3) is 0 Å². The molecule has 3 aromatic rings. The molecule has 0 aliphatic carbocycles. The van der Waals surface area contributed by atoms with Crippen molar-refractivity contribution in [1.29, 1.82) is 0 Å². The lowest BCUT2D eigenvalue weighted by molar-refractivity contribution is -0.137. The van der Waals surface area contributed by atoms with Crippen LogP contribution in [0.25, 0.3) is 10.9 Å². The van der Waals surface area contributed by atoms with E-state index in [4.69, 9.17) is 0 Å². The minimum absolute atomic E-state index is 0.405. The van der Waals surface area contributed by atoms with Crippen molar-refractivity contribution in [3.63, 3.8) is 0 Å². The molecular formula is C20H15F3N4. The highest BCUT2D eigenvalue weighted by molar-refractivity contribution is 5.97. The van der Waals surface area contributed by atoms with Gasteiger partial charge in [0.2, 0.25) is 0 Å². The zero-order valence-corrected chi connectivity index (χ0v) is 14.2. The molecule has 2 heterocycles. The molecule has 0 unspecified atom stereocenters. The number of para-hydroxylation sites is 1. The van der Waals surface area contributed by atoms with E-state index in [1.807, 2.05) is 30.3 Å². The Bertz CT molecular complexity index is 1040. The Balaban J connectivity index is 1.53. The van der Waals surface area contributed by atoms with Gasteiger partial charge < -0.3 is 0 Å². The van der Waals surface area contributed by atoms with E-state index in [1.54, 1.807) is 23.5 Å². The second-order valence-corrected chi connectivity index (χ2v) is 6.16. The Morgan fingerprint density at radius 1 is 1.04 bits per heavy atom. The van der Waals surface area contributed by atoms with Crippen molar-refractivity contribution >= 4 is 28.6 Å². The molecule has 1 aromatic heterocycles. The van der Waals surface area contributed by atoms with Gasteiger partial charge in [-0.25, -0.2) is 4.99 Å². The molecule has 0 N–H and O–H groups in total. The third-order valence-corrected chi connectivity index (χ3v) is 4.23. The van der Waals surface area contributed by atoms with Gasteiger partial charge in [-0.1, -0.05) is 24.3 Å². The third kappa shape index (κ3) is 3.81. The van der Waals surface area contributed by atoms with Crippen molar-refractivity contribution in [2.75, 3.05) is 11.6 Å². The molecule has 2 aromatic carbocycles. The molecule has 4 nitrogen and oxygen atoms in total. The summed E-state index contributed by atoms with van der Waals surface area (Å²) in [5.41, 5.74) is 1.47. The number of fused-ring (bicyclic) bond motifs is 1. The zero-order valence-electron chi connectivity index (χ0n) is 14.2. The summed E-state index contributed by atoms with van der Waals surface area (Å²) in [5.74, 6) is 0.570. The fourth-order valence-electron chi connectivity index (χ4n) is 2.87. The number of benzene rings is 2. The molecule has 1 aliphatic rings. The molecule has 4 rings (SSSR count). The van der Waals surface area contributed by atoms with Gasteiger partial charge in [-0.2, -0.15) is 18.3 Å². The largest absolute Gasteiger partial charge is 0.416 e. The summed E-state index contributed by atoms with van der Waals surface area (Å²) in [7, 11) is 0. The molecule has 136 valence electrons. The van der Waals surface area contributed by atoms with Gasteiger partial charge in [-0.05, 0) is 30.3 Å². The van der Waals surface area contributed by atoms with E-state index in [9.17, 15) is 13.2 Å². The molecule has 0 saturated heterocycles. The van der Waals surface area contributed by atoms with Crippen LogP contribution in [-0.2, 0) is 6.18 Å². The lowest BCUT2D eigenvalue weighted by Gasteiger charge is -2.15. The molecule has 0 atom stereocenters. The van der Waals surface area contributed by atoms with E-state index in [1.165, 1.54) is 6.07 Å². The first-order valence-corrected chi connectivity index (χ1v) is 8.40. The van der Waals surface area contributed by atoms with Crippen molar-refractivity contribution in [1.82, 2.24) is 4.98 Å². The number of aliphatic imine (C=N–C) groups is 1. The van der Waals surface area contributed by atoms with Gasteiger partial charge in [-0.3, -0.25) is 9.99 Å². The molecule has 0 spiro atoms. The van der Waals surface area contributed by atoms with Crippen LogP contribution in [0.15, 0.2) is 70.9 Å². The fraction of sp³-hybridized carbons (Fsp3) is 0.150. The molecule has 0 radical (unpaired) electrons. The van der Waals surface area contributed by atoms with Crippen molar-refractivity contribution in [2.24, 2.45) is 10.1 Å². The normalized spacial score (nSPS) is 14.9. The molecule has 0 amide bonds. The molecular weight excluding hydrogens is 353 g/mol. The summed E-state index contributed by atoms with van der Waals surface area (Å²) >= 11 is 0. The molecule has 0 bridgehead atoms. The van der Waals surface area contributed by atoms with Crippen LogP contribution in [0.5, 0.6) is 0 Å². The number of hydrogen-bond donors (Lipinski definition) is 0. The first-order chi connectivity index (χ1) is 13.0. The van der Waals surface area contributed by atoms with Gasteiger partial charge in [0.1, 0.15) is 0 Å². The Labute approximate surface area is 153 Å². The van der Waals surface area contributed by atoms with Crippen LogP contribution in [-0.4, -0.2) is 23.6 Å². The molecule has 1 aliphatic heterocycles. The van der Waals surface area contributed by atoms with Crippen LogP contribution in [0.4, 0.5) is 18.9 Å². The van der Waals surface area contributed by atoms with Crippen LogP contribution in [0.2, 0.25) is 0 Å². The van der Waals surface area contributed by atoms with E-state index in [0.29, 0.717) is 24.5 Å². The summed E-state index contributed by atoms with van der Waals surface area (Å²) in [6, 6.07) is 14.9. The highest BCUT2D eigenvalue weighted by atomic mass is 19.4. The summed E-state index contributed by atoms with van der Waals surface area (Å²) in [5, 5.41) is 6.88. The SMILES string of the molecule is FC(F)(F)c1cccc(N2CCC(N=Cc3cnc4ccccc4c3)=N2)c1. The van der Waals surface area contributed by atoms with Gasteiger partial charge in [0.15, 0.2) is 5.84 Å². The molecule has 0 fully saturated rings. The number of halogens is 3. The Morgan fingerprint density at radius 2 is 1.89 bits per heavy atom. The standard InChI is InChI=1S/C20H15F3N4/c21-20(22,23)16-5-3-6-17(11-16)27-9-8-19(26-27)25-13-14-10-15-4-1-2-7-18(15)24-12-14/h1-7,10-13H,8-9H2. The Kier molecular flexibility index (Phi) is 4.35. The summed E-state index contributed by atoms with van der Waals surface area (Å²) < 4.78 is 38.6. The van der Waals surface area contributed by atoms with Gasteiger partial charge in [0.05, 0.1) is 16.8 Å². The van der Waals surface area contributed by atoms with Crippen LogP contribution in [0.3, 0.4) is 0 Å². The number of rotatable bonds is 2. The molecule has 27 heavy (non-hydrogen) atoms. The first kappa shape index (κ1) is 17.2. The Morgan fingerprint density at radius 3 is 2.74 bits per heavy atom.